The summed E-state index contributed by atoms with van der Waals surface area (Å²) < 4.78 is 0. The van der Waals surface area contributed by atoms with E-state index in [0.717, 1.165) is 22.3 Å². The first-order chi connectivity index (χ1) is 14.6. The molecule has 1 spiro atoms. The van der Waals surface area contributed by atoms with Crippen LogP contribution < -0.4 is 0 Å². The van der Waals surface area contributed by atoms with Gasteiger partial charge in [0.2, 0.25) is 0 Å². The summed E-state index contributed by atoms with van der Waals surface area (Å²) >= 11 is 0. The zero-order chi connectivity index (χ0) is 20.5. The van der Waals surface area contributed by atoms with Crippen LogP contribution in [0.2, 0.25) is 0 Å². The van der Waals surface area contributed by atoms with Crippen LogP contribution in [0.5, 0.6) is 0 Å². The molecule has 144 valence electrons. The second-order valence-corrected chi connectivity index (χ2v) is 8.89. The van der Waals surface area contributed by atoms with E-state index in [0.29, 0.717) is 0 Å². The van der Waals surface area contributed by atoms with Gasteiger partial charge in [0, 0.05) is 16.5 Å². The zero-order valence-corrected chi connectivity index (χ0v) is 17.1. The van der Waals surface area contributed by atoms with Gasteiger partial charge < -0.3 is 0 Å². The van der Waals surface area contributed by atoms with E-state index in [1.165, 1.54) is 22.3 Å². The average molecular weight is 386 g/mol. The van der Waals surface area contributed by atoms with Gasteiger partial charge in [-0.2, -0.15) is 0 Å². The lowest BCUT2D eigenvalue weighted by Gasteiger charge is -2.50. The Hall–Kier alpha value is -3.45. The van der Waals surface area contributed by atoms with E-state index in [-0.39, 0.29) is 11.2 Å². The Morgan fingerprint density at radius 2 is 0.800 bits per heavy atom. The molecule has 0 N–H and O–H groups in total. The first kappa shape index (κ1) is 17.4. The highest BCUT2D eigenvalue weighted by atomic mass is 16.1. The van der Waals surface area contributed by atoms with Crippen molar-refractivity contribution in [2.45, 2.75) is 24.7 Å². The lowest BCUT2D eigenvalue weighted by Crippen LogP contribution is -2.45. The summed E-state index contributed by atoms with van der Waals surface area (Å²) in [6.45, 7) is 4.62. The van der Waals surface area contributed by atoms with E-state index in [1.807, 2.05) is 24.3 Å². The maximum atomic E-state index is 13.5. The molecule has 4 aromatic rings. The first-order valence-corrected chi connectivity index (χ1v) is 10.5. The SMILES string of the molecule is CC1(C)c2ccccc2C2(c3ccccc3C(=O)c3ccccc32)c2ccccc21. The number of carbonyl (C=O) groups excluding carboxylic acids is 1. The Morgan fingerprint density at radius 3 is 1.23 bits per heavy atom. The molecule has 0 saturated heterocycles. The van der Waals surface area contributed by atoms with Crippen molar-refractivity contribution in [3.8, 4) is 0 Å². The molecule has 0 fully saturated rings. The quantitative estimate of drug-likeness (QED) is 0.307. The lowest BCUT2D eigenvalue weighted by atomic mass is 9.51. The summed E-state index contributed by atoms with van der Waals surface area (Å²) in [5, 5.41) is 0. The summed E-state index contributed by atoms with van der Waals surface area (Å²) in [6.07, 6.45) is 0. The summed E-state index contributed by atoms with van der Waals surface area (Å²) in [6, 6.07) is 33.9. The molecule has 0 amide bonds. The van der Waals surface area contributed by atoms with E-state index >= 15 is 0 Å². The van der Waals surface area contributed by atoms with E-state index in [1.54, 1.807) is 0 Å². The van der Waals surface area contributed by atoms with Crippen LogP contribution in [0.25, 0.3) is 0 Å². The van der Waals surface area contributed by atoms with Crippen LogP contribution >= 0.6 is 0 Å². The highest BCUT2D eigenvalue weighted by Gasteiger charge is 2.52. The van der Waals surface area contributed by atoms with Gasteiger partial charge in [0.15, 0.2) is 5.78 Å². The lowest BCUT2D eigenvalue weighted by molar-refractivity contribution is 0.103. The van der Waals surface area contributed by atoms with Gasteiger partial charge in [-0.05, 0) is 33.4 Å². The second-order valence-electron chi connectivity index (χ2n) is 8.89. The van der Waals surface area contributed by atoms with Gasteiger partial charge in [0.25, 0.3) is 0 Å². The number of hydrogen-bond acceptors (Lipinski definition) is 1. The minimum atomic E-state index is -0.496. The Balaban J connectivity index is 1.90. The largest absolute Gasteiger partial charge is 0.289 e. The third kappa shape index (κ3) is 1.90. The molecule has 2 aliphatic rings. The molecule has 0 bridgehead atoms. The van der Waals surface area contributed by atoms with Crippen LogP contribution in [-0.2, 0) is 10.8 Å². The Labute approximate surface area is 177 Å². The maximum Gasteiger partial charge on any atom is 0.193 e. The molecular formula is C29H22O. The van der Waals surface area contributed by atoms with Crippen LogP contribution in [0.3, 0.4) is 0 Å². The third-order valence-corrected chi connectivity index (χ3v) is 7.16. The van der Waals surface area contributed by atoms with Crippen LogP contribution in [0.4, 0.5) is 0 Å². The molecule has 1 heteroatoms. The summed E-state index contributed by atoms with van der Waals surface area (Å²) in [7, 11) is 0. The number of ketones is 1. The standard InChI is InChI=1S/C29H22O/c1-28(2)23-15-7-9-17-25(23)29(26-18-10-8-16-24(26)28)21-13-5-3-11-19(21)27(30)20-12-4-6-14-22(20)29/h3-18H,1-2H3. The first-order valence-electron chi connectivity index (χ1n) is 10.5. The number of hydrogen-bond donors (Lipinski definition) is 0. The third-order valence-electron chi connectivity index (χ3n) is 7.16. The van der Waals surface area contributed by atoms with Crippen LogP contribution in [-0.4, -0.2) is 5.78 Å². The minimum absolute atomic E-state index is 0.117. The average Bonchev–Trinajstić information content (AvgIpc) is 2.80. The van der Waals surface area contributed by atoms with Crippen LogP contribution in [0, 0.1) is 0 Å². The molecule has 0 radical (unpaired) electrons. The van der Waals surface area contributed by atoms with Gasteiger partial charge in [-0.1, -0.05) is 111 Å². The van der Waals surface area contributed by atoms with Gasteiger partial charge in [0.05, 0.1) is 5.41 Å². The fourth-order valence-corrected chi connectivity index (χ4v) is 5.89. The minimum Gasteiger partial charge on any atom is -0.289 e. The normalized spacial score (nSPS) is 16.9. The molecule has 30 heavy (non-hydrogen) atoms. The van der Waals surface area contributed by atoms with Crippen molar-refractivity contribution in [2.75, 3.05) is 0 Å². The Morgan fingerprint density at radius 1 is 0.467 bits per heavy atom. The number of carbonyl (C=O) groups is 1. The predicted molar refractivity (Wildman–Crippen MR) is 120 cm³/mol. The van der Waals surface area contributed by atoms with Crippen molar-refractivity contribution >= 4 is 5.78 Å². The maximum absolute atomic E-state index is 13.5. The number of rotatable bonds is 0. The van der Waals surface area contributed by atoms with Gasteiger partial charge in [-0.25, -0.2) is 0 Å². The Bertz CT molecular complexity index is 1240. The molecule has 0 heterocycles. The van der Waals surface area contributed by atoms with Crippen molar-refractivity contribution in [1.82, 2.24) is 0 Å². The van der Waals surface area contributed by atoms with Crippen molar-refractivity contribution in [2.24, 2.45) is 0 Å². The van der Waals surface area contributed by atoms with Crippen molar-refractivity contribution in [3.63, 3.8) is 0 Å². The molecule has 0 unspecified atom stereocenters. The molecule has 2 aliphatic carbocycles. The fraction of sp³-hybridized carbons (Fsp3) is 0.138. The van der Waals surface area contributed by atoms with E-state index in [4.69, 9.17) is 0 Å². The molecule has 0 atom stereocenters. The summed E-state index contributed by atoms with van der Waals surface area (Å²) in [5.74, 6) is 0.117. The van der Waals surface area contributed by atoms with Crippen molar-refractivity contribution in [1.29, 1.82) is 0 Å². The molecule has 6 rings (SSSR count). The topological polar surface area (TPSA) is 17.1 Å². The van der Waals surface area contributed by atoms with Gasteiger partial charge in [0.1, 0.15) is 0 Å². The van der Waals surface area contributed by atoms with Crippen molar-refractivity contribution in [3.05, 3.63) is 142 Å². The van der Waals surface area contributed by atoms with Gasteiger partial charge >= 0.3 is 0 Å². The summed E-state index contributed by atoms with van der Waals surface area (Å²) in [5.41, 5.74) is 8.37. The predicted octanol–water partition coefficient (Wildman–Crippen LogP) is 6.25. The number of benzene rings is 4. The highest BCUT2D eigenvalue weighted by Crippen LogP contribution is 2.58. The van der Waals surface area contributed by atoms with Crippen LogP contribution in [0.1, 0.15) is 63.1 Å². The van der Waals surface area contributed by atoms with E-state index < -0.39 is 5.41 Å². The molecule has 0 aromatic heterocycles. The Kier molecular flexibility index (Phi) is 3.36. The smallest absolute Gasteiger partial charge is 0.193 e. The fourth-order valence-electron chi connectivity index (χ4n) is 5.89. The molecule has 0 saturated carbocycles. The van der Waals surface area contributed by atoms with Gasteiger partial charge in [-0.15, -0.1) is 0 Å². The monoisotopic (exact) mass is 386 g/mol. The molecule has 1 nitrogen and oxygen atoms in total. The van der Waals surface area contributed by atoms with Crippen molar-refractivity contribution < 1.29 is 4.79 Å². The summed E-state index contributed by atoms with van der Waals surface area (Å²) in [4.78, 5) is 13.5. The van der Waals surface area contributed by atoms with Gasteiger partial charge in [-0.3, -0.25) is 4.79 Å². The number of fused-ring (bicyclic) bond motifs is 8. The van der Waals surface area contributed by atoms with E-state index in [9.17, 15) is 4.79 Å². The molecule has 0 aliphatic heterocycles. The zero-order valence-electron chi connectivity index (χ0n) is 17.1. The van der Waals surface area contributed by atoms with Crippen LogP contribution in [0.15, 0.2) is 97.1 Å². The second kappa shape index (κ2) is 5.79. The molecule has 4 aromatic carbocycles. The molecular weight excluding hydrogens is 364 g/mol. The van der Waals surface area contributed by atoms with E-state index in [2.05, 4.69) is 86.6 Å². The highest BCUT2D eigenvalue weighted by molar-refractivity contribution is 6.14.